The Balaban J connectivity index is 1.52. The predicted molar refractivity (Wildman–Crippen MR) is 130 cm³/mol. The third-order valence-electron chi connectivity index (χ3n) is 7.76. The van der Waals surface area contributed by atoms with Crippen LogP contribution in [0.15, 0.2) is 47.5 Å². The number of nitrogens with two attached hydrogens (primary N) is 1. The Bertz CT molecular complexity index is 1610. The summed E-state index contributed by atoms with van der Waals surface area (Å²) >= 11 is 0. The van der Waals surface area contributed by atoms with Crippen molar-refractivity contribution in [2.24, 2.45) is 5.92 Å². The van der Waals surface area contributed by atoms with Crippen molar-refractivity contribution in [3.63, 3.8) is 0 Å². The van der Waals surface area contributed by atoms with Crippen molar-refractivity contribution in [1.82, 2.24) is 10.3 Å². The number of nitrogens with one attached hydrogen (secondary N) is 2. The van der Waals surface area contributed by atoms with E-state index in [0.717, 1.165) is 18.2 Å². The molecule has 2 heterocycles. The van der Waals surface area contributed by atoms with Crippen LogP contribution < -0.4 is 15.8 Å². The number of benzene rings is 2. The number of carbonyl (C=O) groups is 2. The Kier molecular flexibility index (Phi) is 4.42. The Morgan fingerprint density at radius 2 is 1.97 bits per heavy atom. The predicted octanol–water partition coefficient (Wildman–Crippen LogP) is 2.49. The zero-order chi connectivity index (χ0) is 25.8. The molecule has 3 aliphatic rings. The zero-order valence-corrected chi connectivity index (χ0v) is 20.7. The lowest BCUT2D eigenvalue weighted by atomic mass is 9.82. The molecule has 1 aliphatic heterocycles. The summed E-state index contributed by atoms with van der Waals surface area (Å²) in [5.74, 6) is -2.42. The van der Waals surface area contributed by atoms with Crippen LogP contribution in [0.3, 0.4) is 0 Å². The maximum Gasteiger partial charge on any atom is 0.271 e. The van der Waals surface area contributed by atoms with Gasteiger partial charge in [-0.1, -0.05) is 31.2 Å². The van der Waals surface area contributed by atoms with E-state index in [1.165, 1.54) is 13.1 Å². The SMILES string of the molecule is Cc1c(S(C)(=O)=O)c[nH]c1C(=O)NC12C(=O)c3c(N)cccc3C1(O)Oc1cc([C@H]3C[C@H]3C)ccc12. The fourth-order valence-corrected chi connectivity index (χ4v) is 6.67. The van der Waals surface area contributed by atoms with E-state index in [0.29, 0.717) is 23.1 Å². The summed E-state index contributed by atoms with van der Waals surface area (Å²) in [4.78, 5) is 30.3. The maximum absolute atomic E-state index is 14.0. The molecule has 2 aliphatic carbocycles. The van der Waals surface area contributed by atoms with Crippen LogP contribution in [0, 0.1) is 12.8 Å². The number of aromatic amines is 1. The first-order chi connectivity index (χ1) is 16.9. The average Bonchev–Trinajstić information content (AvgIpc) is 3.23. The molecule has 0 saturated heterocycles. The summed E-state index contributed by atoms with van der Waals surface area (Å²) in [6, 6.07) is 10.1. The number of anilines is 1. The van der Waals surface area contributed by atoms with Crippen molar-refractivity contribution < 1.29 is 27.9 Å². The number of aromatic nitrogens is 1. The fourth-order valence-electron chi connectivity index (χ4n) is 5.74. The van der Waals surface area contributed by atoms with Gasteiger partial charge in [0.05, 0.1) is 10.5 Å². The standard InChI is InChI=1S/C26H25N3O6S/c1-12-9-15(12)14-7-8-16-19(10-14)35-26(32)17-5-4-6-18(27)21(17)23(30)25(16,26)29-24(31)22-13(2)20(11-28-22)36(3,33)34/h4-8,10-12,15,28,32H,9,27H2,1-3H3,(H,29,31)/t12-,15+,25?,26?/m1/s1. The molecule has 5 N–H and O–H groups in total. The van der Waals surface area contributed by atoms with Crippen molar-refractivity contribution in [3.8, 4) is 5.75 Å². The summed E-state index contributed by atoms with van der Waals surface area (Å²) in [5.41, 5.74) is 6.00. The Morgan fingerprint density at radius 1 is 1.25 bits per heavy atom. The van der Waals surface area contributed by atoms with Crippen LogP contribution in [0.1, 0.15) is 62.4 Å². The number of aliphatic hydroxyl groups is 1. The lowest BCUT2D eigenvalue weighted by molar-refractivity contribution is -0.169. The van der Waals surface area contributed by atoms with E-state index in [-0.39, 0.29) is 33.0 Å². The minimum absolute atomic E-state index is 0.0306. The van der Waals surface area contributed by atoms with Gasteiger partial charge in [-0.05, 0) is 48.4 Å². The first-order valence-electron chi connectivity index (χ1n) is 11.6. The number of amides is 1. The van der Waals surface area contributed by atoms with Crippen molar-refractivity contribution in [3.05, 3.63) is 76.1 Å². The molecule has 0 radical (unpaired) electrons. The zero-order valence-electron chi connectivity index (χ0n) is 19.9. The molecule has 0 bridgehead atoms. The molecule has 1 saturated carbocycles. The molecule has 36 heavy (non-hydrogen) atoms. The summed E-state index contributed by atoms with van der Waals surface area (Å²) in [7, 11) is -3.59. The van der Waals surface area contributed by atoms with Gasteiger partial charge < -0.3 is 25.9 Å². The summed E-state index contributed by atoms with van der Waals surface area (Å²) < 4.78 is 30.3. The van der Waals surface area contributed by atoms with E-state index in [9.17, 15) is 23.1 Å². The molecule has 1 aromatic heterocycles. The Morgan fingerprint density at radius 3 is 2.61 bits per heavy atom. The first-order valence-corrected chi connectivity index (χ1v) is 13.5. The lowest BCUT2D eigenvalue weighted by Gasteiger charge is -2.34. The van der Waals surface area contributed by atoms with Crippen molar-refractivity contribution in [1.29, 1.82) is 0 Å². The Hall–Kier alpha value is -3.63. The van der Waals surface area contributed by atoms with Gasteiger partial charge in [-0.2, -0.15) is 0 Å². The molecule has 6 rings (SSSR count). The third-order valence-corrected chi connectivity index (χ3v) is 8.99. The number of H-pyrrole nitrogens is 1. The molecule has 3 aromatic rings. The third kappa shape index (κ3) is 2.76. The second kappa shape index (κ2) is 6.98. The van der Waals surface area contributed by atoms with Gasteiger partial charge in [0.2, 0.25) is 11.3 Å². The minimum atomic E-state index is -3.59. The molecule has 9 nitrogen and oxygen atoms in total. The maximum atomic E-state index is 14.0. The molecular weight excluding hydrogens is 482 g/mol. The van der Waals surface area contributed by atoms with E-state index in [2.05, 4.69) is 17.2 Å². The highest BCUT2D eigenvalue weighted by molar-refractivity contribution is 7.90. The van der Waals surface area contributed by atoms with Gasteiger partial charge in [0.15, 0.2) is 9.84 Å². The van der Waals surface area contributed by atoms with Gasteiger partial charge in [-0.25, -0.2) is 8.42 Å². The molecule has 1 amide bonds. The smallest absolute Gasteiger partial charge is 0.271 e. The molecule has 4 atom stereocenters. The van der Waals surface area contributed by atoms with Crippen molar-refractivity contribution in [2.75, 3.05) is 12.0 Å². The number of hydrogen-bond acceptors (Lipinski definition) is 7. The quantitative estimate of drug-likeness (QED) is 0.396. The van der Waals surface area contributed by atoms with E-state index in [1.807, 2.05) is 12.1 Å². The summed E-state index contributed by atoms with van der Waals surface area (Å²) in [5, 5.41) is 14.8. The van der Waals surface area contributed by atoms with E-state index < -0.39 is 32.9 Å². The van der Waals surface area contributed by atoms with Crippen LogP contribution >= 0.6 is 0 Å². The van der Waals surface area contributed by atoms with E-state index >= 15 is 0 Å². The van der Waals surface area contributed by atoms with E-state index in [4.69, 9.17) is 10.5 Å². The van der Waals surface area contributed by atoms with E-state index in [1.54, 1.807) is 24.3 Å². The minimum Gasteiger partial charge on any atom is -0.454 e. The largest absolute Gasteiger partial charge is 0.454 e. The fraction of sp³-hybridized carbons (Fsp3) is 0.308. The van der Waals surface area contributed by atoms with Gasteiger partial charge in [0.25, 0.3) is 11.7 Å². The number of ether oxygens (including phenoxy) is 1. The second-order valence-electron chi connectivity index (χ2n) is 10.0. The molecule has 0 spiro atoms. The number of Topliss-reactive ketones (excluding diaryl/α,β-unsaturated/α-hetero) is 1. The number of carbonyl (C=O) groups excluding carboxylic acids is 2. The Labute approximate surface area is 207 Å². The summed E-state index contributed by atoms with van der Waals surface area (Å²) in [6.45, 7) is 3.64. The van der Waals surface area contributed by atoms with Gasteiger partial charge in [0, 0.05) is 29.3 Å². The van der Waals surface area contributed by atoms with Crippen LogP contribution in [0.25, 0.3) is 0 Å². The number of nitrogen functional groups attached to an aromatic ring is 1. The number of sulfone groups is 1. The first kappa shape index (κ1) is 22.8. The average molecular weight is 508 g/mol. The van der Waals surface area contributed by atoms with Crippen LogP contribution in [-0.2, 0) is 21.2 Å². The van der Waals surface area contributed by atoms with Crippen molar-refractivity contribution >= 4 is 27.2 Å². The topological polar surface area (TPSA) is 152 Å². The summed E-state index contributed by atoms with van der Waals surface area (Å²) in [6.07, 6.45) is 3.31. The number of ketones is 1. The molecule has 2 unspecified atom stereocenters. The van der Waals surface area contributed by atoms with Gasteiger partial charge in [-0.15, -0.1) is 0 Å². The number of fused-ring (bicyclic) bond motifs is 5. The molecule has 10 heteroatoms. The van der Waals surface area contributed by atoms with Crippen LogP contribution in [-0.4, -0.2) is 36.5 Å². The highest BCUT2D eigenvalue weighted by Gasteiger charge is 2.72. The highest BCUT2D eigenvalue weighted by Crippen LogP contribution is 2.60. The van der Waals surface area contributed by atoms with Crippen LogP contribution in [0.4, 0.5) is 5.69 Å². The molecule has 1 fully saturated rings. The van der Waals surface area contributed by atoms with Crippen LogP contribution in [0.2, 0.25) is 0 Å². The van der Waals surface area contributed by atoms with Crippen molar-refractivity contribution in [2.45, 2.75) is 42.4 Å². The lowest BCUT2D eigenvalue weighted by Crippen LogP contribution is -2.60. The number of hydrogen-bond donors (Lipinski definition) is 4. The van der Waals surface area contributed by atoms with Gasteiger partial charge in [-0.3, -0.25) is 9.59 Å². The monoisotopic (exact) mass is 507 g/mol. The van der Waals surface area contributed by atoms with Gasteiger partial charge >= 0.3 is 0 Å². The normalized spacial score (nSPS) is 27.7. The highest BCUT2D eigenvalue weighted by atomic mass is 32.2. The molecular formula is C26H25N3O6S. The molecule has 2 aromatic carbocycles. The second-order valence-corrected chi connectivity index (χ2v) is 12.0. The molecule has 186 valence electrons. The van der Waals surface area contributed by atoms with Gasteiger partial charge in [0.1, 0.15) is 11.4 Å². The number of rotatable bonds is 4. The van der Waals surface area contributed by atoms with Crippen LogP contribution in [0.5, 0.6) is 5.75 Å².